The summed E-state index contributed by atoms with van der Waals surface area (Å²) in [6.45, 7) is 4.33. The van der Waals surface area contributed by atoms with Gasteiger partial charge in [-0.15, -0.1) is 0 Å². The highest BCUT2D eigenvalue weighted by Crippen LogP contribution is 2.44. The van der Waals surface area contributed by atoms with Crippen molar-refractivity contribution in [2.75, 3.05) is 4.90 Å². The van der Waals surface area contributed by atoms with Gasteiger partial charge in [-0.05, 0) is 98.4 Å². The van der Waals surface area contributed by atoms with Crippen LogP contribution in [0.1, 0.15) is 34.7 Å². The van der Waals surface area contributed by atoms with Crippen LogP contribution < -0.4 is 15.0 Å². The van der Waals surface area contributed by atoms with Crippen molar-refractivity contribution in [3.8, 4) is 17.2 Å². The summed E-state index contributed by atoms with van der Waals surface area (Å²) in [5, 5.41) is 4.24. The van der Waals surface area contributed by atoms with Gasteiger partial charge in [-0.25, -0.2) is 0 Å². The molecule has 2 aromatic heterocycles. The third-order valence-electron chi connectivity index (χ3n) is 7.00. The molecule has 6 rings (SSSR count). The van der Waals surface area contributed by atoms with E-state index in [0.717, 1.165) is 28.6 Å². The molecular formula is C32H28N4OS. The van der Waals surface area contributed by atoms with E-state index >= 15 is 0 Å². The molecule has 0 saturated carbocycles. The summed E-state index contributed by atoms with van der Waals surface area (Å²) in [6, 6.07) is 36.5. The molecule has 5 aromatic rings. The number of rotatable bonds is 6. The third kappa shape index (κ3) is 4.44. The van der Waals surface area contributed by atoms with Crippen LogP contribution in [-0.4, -0.2) is 14.7 Å². The fourth-order valence-corrected chi connectivity index (χ4v) is 5.66. The second kappa shape index (κ2) is 10.1. The number of nitrogens with one attached hydrogen (secondary N) is 1. The molecule has 6 heteroatoms. The van der Waals surface area contributed by atoms with Crippen LogP contribution in [0.25, 0.3) is 5.69 Å². The number of aromatic nitrogens is 2. The highest BCUT2D eigenvalue weighted by molar-refractivity contribution is 7.80. The fraction of sp³-hybridized carbons (Fsp3) is 0.125. The third-order valence-corrected chi connectivity index (χ3v) is 7.31. The Labute approximate surface area is 228 Å². The molecule has 1 fully saturated rings. The summed E-state index contributed by atoms with van der Waals surface area (Å²) in [5.74, 6) is 1.58. The SMILES string of the molecule is Cc1cc([C@H]2[C@H](c3ccccn3)NC(=S)N2c2ccc(Oc3ccccc3)cc2)c(C)n1-c1ccccc1. The van der Waals surface area contributed by atoms with Crippen LogP contribution in [-0.2, 0) is 0 Å². The van der Waals surface area contributed by atoms with Crippen LogP contribution in [0, 0.1) is 13.8 Å². The predicted octanol–water partition coefficient (Wildman–Crippen LogP) is 7.46. The molecule has 1 N–H and O–H groups in total. The Bertz CT molecular complexity index is 1550. The van der Waals surface area contributed by atoms with Gasteiger partial charge >= 0.3 is 0 Å². The first-order chi connectivity index (χ1) is 18.6. The van der Waals surface area contributed by atoms with Crippen LogP contribution >= 0.6 is 12.2 Å². The van der Waals surface area contributed by atoms with Crippen LogP contribution in [0.2, 0.25) is 0 Å². The van der Waals surface area contributed by atoms with Gasteiger partial charge in [0.2, 0.25) is 0 Å². The Morgan fingerprint density at radius 1 is 0.763 bits per heavy atom. The van der Waals surface area contributed by atoms with Crippen molar-refractivity contribution in [1.29, 1.82) is 0 Å². The molecule has 5 nitrogen and oxygen atoms in total. The standard InChI is InChI=1S/C32H28N4OS/c1-22-21-28(23(2)35(22)24-11-5-3-6-12-24)31-30(29-15-9-10-20-33-29)34-32(38)36(31)25-16-18-27(19-17-25)37-26-13-7-4-8-14-26/h3-21,30-31H,1-2H3,(H,34,38)/t30-,31-/m0/s1. The average Bonchev–Trinajstić information content (AvgIpc) is 3.45. The van der Waals surface area contributed by atoms with E-state index in [-0.39, 0.29) is 12.1 Å². The first-order valence-corrected chi connectivity index (χ1v) is 13.1. The van der Waals surface area contributed by atoms with Gasteiger partial charge in [0.1, 0.15) is 11.5 Å². The molecule has 188 valence electrons. The zero-order valence-corrected chi connectivity index (χ0v) is 22.1. The van der Waals surface area contributed by atoms with Crippen molar-refractivity contribution >= 4 is 23.0 Å². The maximum atomic E-state index is 6.03. The molecule has 0 aliphatic carbocycles. The van der Waals surface area contributed by atoms with E-state index in [2.05, 4.69) is 77.2 Å². The summed E-state index contributed by atoms with van der Waals surface area (Å²) in [6.07, 6.45) is 1.84. The van der Waals surface area contributed by atoms with Gasteiger partial charge in [-0.1, -0.05) is 42.5 Å². The molecule has 3 heterocycles. The van der Waals surface area contributed by atoms with E-state index in [1.54, 1.807) is 0 Å². The lowest BCUT2D eigenvalue weighted by atomic mass is 9.96. The molecule has 3 aromatic carbocycles. The average molecular weight is 517 g/mol. The monoisotopic (exact) mass is 516 g/mol. The molecule has 2 atom stereocenters. The van der Waals surface area contributed by atoms with E-state index in [0.29, 0.717) is 5.11 Å². The van der Waals surface area contributed by atoms with Crippen molar-refractivity contribution in [3.63, 3.8) is 0 Å². The van der Waals surface area contributed by atoms with Crippen molar-refractivity contribution in [3.05, 3.63) is 138 Å². The number of pyridine rings is 1. The second-order valence-corrected chi connectivity index (χ2v) is 9.79. The lowest BCUT2D eigenvalue weighted by Crippen LogP contribution is -2.29. The van der Waals surface area contributed by atoms with E-state index in [1.165, 1.54) is 17.0 Å². The molecule has 0 unspecified atom stereocenters. The number of nitrogens with zero attached hydrogens (tertiary/aromatic N) is 3. The van der Waals surface area contributed by atoms with Crippen molar-refractivity contribution < 1.29 is 4.74 Å². The molecule has 0 bridgehead atoms. The number of hydrogen-bond acceptors (Lipinski definition) is 3. The highest BCUT2D eigenvalue weighted by Gasteiger charge is 2.42. The van der Waals surface area contributed by atoms with Gasteiger partial charge in [0.05, 0.1) is 17.8 Å². The summed E-state index contributed by atoms with van der Waals surface area (Å²) in [4.78, 5) is 6.91. The van der Waals surface area contributed by atoms with Gasteiger partial charge in [0.25, 0.3) is 0 Å². The zero-order valence-electron chi connectivity index (χ0n) is 21.3. The number of aryl methyl sites for hydroxylation is 1. The number of hydrogen-bond donors (Lipinski definition) is 1. The van der Waals surface area contributed by atoms with Gasteiger partial charge in [-0.2, -0.15) is 0 Å². The summed E-state index contributed by atoms with van der Waals surface area (Å²) in [7, 11) is 0. The summed E-state index contributed by atoms with van der Waals surface area (Å²) >= 11 is 5.94. The highest BCUT2D eigenvalue weighted by atomic mass is 32.1. The number of anilines is 1. The molecule has 1 aliphatic rings. The molecule has 1 aliphatic heterocycles. The number of benzene rings is 3. The predicted molar refractivity (Wildman–Crippen MR) is 156 cm³/mol. The molecule has 38 heavy (non-hydrogen) atoms. The minimum Gasteiger partial charge on any atom is -0.457 e. The Hall–Kier alpha value is -4.42. The van der Waals surface area contributed by atoms with Gasteiger partial charge in [0.15, 0.2) is 5.11 Å². The van der Waals surface area contributed by atoms with E-state index in [1.807, 2.05) is 66.9 Å². The topological polar surface area (TPSA) is 42.3 Å². The molecular weight excluding hydrogens is 488 g/mol. The first-order valence-electron chi connectivity index (χ1n) is 12.7. The van der Waals surface area contributed by atoms with E-state index in [9.17, 15) is 0 Å². The quantitative estimate of drug-likeness (QED) is 0.237. The molecule has 0 spiro atoms. The Balaban J connectivity index is 1.42. The molecule has 1 saturated heterocycles. The zero-order chi connectivity index (χ0) is 26.1. The van der Waals surface area contributed by atoms with E-state index in [4.69, 9.17) is 21.9 Å². The number of ether oxygens (including phenoxy) is 1. The van der Waals surface area contributed by atoms with Crippen LogP contribution in [0.5, 0.6) is 11.5 Å². The maximum absolute atomic E-state index is 6.03. The normalized spacial score (nSPS) is 16.9. The number of thiocarbonyl (C=S) groups is 1. The van der Waals surface area contributed by atoms with Crippen LogP contribution in [0.4, 0.5) is 5.69 Å². The maximum Gasteiger partial charge on any atom is 0.174 e. The largest absolute Gasteiger partial charge is 0.457 e. The van der Waals surface area contributed by atoms with Crippen molar-refractivity contribution in [1.82, 2.24) is 14.9 Å². The fourth-order valence-electron chi connectivity index (χ4n) is 5.31. The van der Waals surface area contributed by atoms with Gasteiger partial charge in [0, 0.05) is 29.0 Å². The lowest BCUT2D eigenvalue weighted by molar-refractivity contribution is 0.482. The van der Waals surface area contributed by atoms with Gasteiger partial charge in [-0.3, -0.25) is 4.98 Å². The smallest absolute Gasteiger partial charge is 0.174 e. The minimum atomic E-state index is -0.103. The second-order valence-electron chi connectivity index (χ2n) is 9.40. The minimum absolute atomic E-state index is 0.0815. The van der Waals surface area contributed by atoms with Gasteiger partial charge < -0.3 is 19.5 Å². The van der Waals surface area contributed by atoms with Crippen LogP contribution in [0.3, 0.4) is 0 Å². The van der Waals surface area contributed by atoms with Crippen LogP contribution in [0.15, 0.2) is 115 Å². The van der Waals surface area contributed by atoms with Crippen molar-refractivity contribution in [2.24, 2.45) is 0 Å². The molecule has 0 radical (unpaired) electrons. The van der Waals surface area contributed by atoms with E-state index < -0.39 is 0 Å². The summed E-state index contributed by atoms with van der Waals surface area (Å²) < 4.78 is 8.34. The molecule has 0 amide bonds. The Kier molecular flexibility index (Phi) is 6.40. The lowest BCUT2D eigenvalue weighted by Gasteiger charge is -2.28. The summed E-state index contributed by atoms with van der Waals surface area (Å²) in [5.41, 5.74) is 6.66. The van der Waals surface area contributed by atoms with Crippen molar-refractivity contribution in [2.45, 2.75) is 25.9 Å². The number of para-hydroxylation sites is 2. The first kappa shape index (κ1) is 23.9. The Morgan fingerprint density at radius 3 is 2.11 bits per heavy atom. The Morgan fingerprint density at radius 2 is 1.42 bits per heavy atom.